The van der Waals surface area contributed by atoms with Crippen LogP contribution in [0.15, 0.2) is 6.33 Å². The van der Waals surface area contributed by atoms with E-state index in [1.165, 1.54) is 0 Å². The second-order valence-electron chi connectivity index (χ2n) is 4.73. The monoisotopic (exact) mass is 266 g/mol. The van der Waals surface area contributed by atoms with Gasteiger partial charge >= 0.3 is 5.97 Å². The number of hydrogen-bond donors (Lipinski definition) is 2. The topological polar surface area (TPSA) is 97.1 Å². The first-order valence-electron chi connectivity index (χ1n) is 6.50. The quantitative estimate of drug-likeness (QED) is 0.804. The van der Waals surface area contributed by atoms with E-state index in [2.05, 4.69) is 15.5 Å². The van der Waals surface area contributed by atoms with Crippen molar-refractivity contribution < 1.29 is 14.7 Å². The largest absolute Gasteiger partial charge is 0.481 e. The molecule has 104 valence electrons. The summed E-state index contributed by atoms with van der Waals surface area (Å²) in [5, 5.41) is 19.5. The molecule has 1 aliphatic rings. The summed E-state index contributed by atoms with van der Waals surface area (Å²) in [5.41, 5.74) is 0. The predicted molar refractivity (Wildman–Crippen MR) is 66.0 cm³/mol. The van der Waals surface area contributed by atoms with Crippen LogP contribution in [0.25, 0.3) is 0 Å². The Morgan fingerprint density at radius 1 is 1.47 bits per heavy atom. The fourth-order valence-corrected chi connectivity index (χ4v) is 2.55. The van der Waals surface area contributed by atoms with Crippen molar-refractivity contribution in [3.05, 3.63) is 12.2 Å². The minimum absolute atomic E-state index is 0.199. The molecule has 1 heterocycles. The highest BCUT2D eigenvalue weighted by Gasteiger charge is 2.37. The second-order valence-corrected chi connectivity index (χ2v) is 4.73. The van der Waals surface area contributed by atoms with E-state index in [9.17, 15) is 9.59 Å². The zero-order valence-corrected chi connectivity index (χ0v) is 10.9. The standard InChI is InChI=1S/C12H18N4O3/c1-2-16-7-14-15-10(16)6-13-11(17)8-4-3-5-9(8)12(18)19/h7-9H,2-6H2,1H3,(H,13,17)(H,18,19)/t8-,9+/m1/s1. The fourth-order valence-electron chi connectivity index (χ4n) is 2.55. The average Bonchev–Trinajstić information content (AvgIpc) is 3.04. The number of aromatic nitrogens is 3. The van der Waals surface area contributed by atoms with Crippen LogP contribution in [0.4, 0.5) is 0 Å². The van der Waals surface area contributed by atoms with E-state index >= 15 is 0 Å². The summed E-state index contributed by atoms with van der Waals surface area (Å²) < 4.78 is 1.84. The van der Waals surface area contributed by atoms with Gasteiger partial charge in [0.25, 0.3) is 0 Å². The minimum atomic E-state index is -0.880. The molecule has 1 fully saturated rings. The van der Waals surface area contributed by atoms with Crippen LogP contribution in [0.5, 0.6) is 0 Å². The average molecular weight is 266 g/mol. The first-order chi connectivity index (χ1) is 9.13. The number of rotatable bonds is 5. The summed E-state index contributed by atoms with van der Waals surface area (Å²) in [4.78, 5) is 23.1. The summed E-state index contributed by atoms with van der Waals surface area (Å²) in [6.45, 7) is 2.99. The molecule has 19 heavy (non-hydrogen) atoms. The molecule has 1 amide bonds. The van der Waals surface area contributed by atoms with Crippen molar-refractivity contribution >= 4 is 11.9 Å². The Labute approximate surface area is 111 Å². The van der Waals surface area contributed by atoms with Gasteiger partial charge in [-0.05, 0) is 19.8 Å². The zero-order valence-electron chi connectivity index (χ0n) is 10.9. The Morgan fingerprint density at radius 2 is 2.21 bits per heavy atom. The van der Waals surface area contributed by atoms with Crippen LogP contribution in [0.1, 0.15) is 32.0 Å². The van der Waals surface area contributed by atoms with Gasteiger partial charge in [-0.1, -0.05) is 6.42 Å². The van der Waals surface area contributed by atoms with E-state index in [0.29, 0.717) is 18.7 Å². The van der Waals surface area contributed by atoms with Crippen LogP contribution in [-0.4, -0.2) is 31.7 Å². The molecule has 2 rings (SSSR count). The summed E-state index contributed by atoms with van der Waals surface area (Å²) in [6.07, 6.45) is 3.62. The number of nitrogens with zero attached hydrogens (tertiary/aromatic N) is 3. The number of aryl methyl sites for hydroxylation is 1. The highest BCUT2D eigenvalue weighted by atomic mass is 16.4. The summed E-state index contributed by atoms with van der Waals surface area (Å²) in [6, 6.07) is 0. The molecule has 1 saturated carbocycles. The Balaban J connectivity index is 1.92. The Hall–Kier alpha value is -1.92. The molecule has 0 bridgehead atoms. The Kier molecular flexibility index (Phi) is 4.13. The molecular formula is C12H18N4O3. The second kappa shape index (κ2) is 5.81. The molecule has 1 aromatic rings. The van der Waals surface area contributed by atoms with Gasteiger partial charge < -0.3 is 15.0 Å². The molecule has 0 saturated heterocycles. The maximum absolute atomic E-state index is 12.0. The maximum Gasteiger partial charge on any atom is 0.307 e. The number of hydrogen-bond acceptors (Lipinski definition) is 4. The molecular weight excluding hydrogens is 248 g/mol. The van der Waals surface area contributed by atoms with Crippen molar-refractivity contribution in [3.63, 3.8) is 0 Å². The SMILES string of the molecule is CCn1cnnc1CNC(=O)[C@@H]1CCC[C@@H]1C(=O)O. The molecule has 0 unspecified atom stereocenters. The van der Waals surface area contributed by atoms with Gasteiger partial charge in [0.1, 0.15) is 6.33 Å². The lowest BCUT2D eigenvalue weighted by Gasteiger charge is -2.15. The van der Waals surface area contributed by atoms with Crippen molar-refractivity contribution in [2.24, 2.45) is 11.8 Å². The van der Waals surface area contributed by atoms with E-state index in [1.54, 1.807) is 6.33 Å². The van der Waals surface area contributed by atoms with E-state index in [4.69, 9.17) is 5.11 Å². The molecule has 2 atom stereocenters. The lowest BCUT2D eigenvalue weighted by molar-refractivity contribution is -0.146. The van der Waals surface area contributed by atoms with Crippen LogP contribution in [0.2, 0.25) is 0 Å². The third-order valence-corrected chi connectivity index (χ3v) is 3.63. The highest BCUT2D eigenvalue weighted by Crippen LogP contribution is 2.32. The fraction of sp³-hybridized carbons (Fsp3) is 0.667. The van der Waals surface area contributed by atoms with E-state index in [0.717, 1.165) is 13.0 Å². The van der Waals surface area contributed by atoms with Gasteiger partial charge in [0.2, 0.25) is 5.91 Å². The third kappa shape index (κ3) is 2.91. The number of carboxylic acid groups (broad SMARTS) is 1. The van der Waals surface area contributed by atoms with Crippen molar-refractivity contribution in [3.8, 4) is 0 Å². The number of amides is 1. The molecule has 0 aromatic carbocycles. The molecule has 7 nitrogen and oxygen atoms in total. The van der Waals surface area contributed by atoms with Gasteiger partial charge in [0, 0.05) is 6.54 Å². The molecule has 1 aliphatic carbocycles. The first-order valence-corrected chi connectivity index (χ1v) is 6.50. The van der Waals surface area contributed by atoms with Gasteiger partial charge in [0.05, 0.1) is 18.4 Å². The van der Waals surface area contributed by atoms with Gasteiger partial charge in [0.15, 0.2) is 5.82 Å². The molecule has 7 heteroatoms. The van der Waals surface area contributed by atoms with Gasteiger partial charge in [-0.25, -0.2) is 0 Å². The molecule has 0 aliphatic heterocycles. The number of carbonyl (C=O) groups is 2. The first kappa shape index (κ1) is 13.5. The lowest BCUT2D eigenvalue weighted by atomic mass is 9.95. The van der Waals surface area contributed by atoms with E-state index < -0.39 is 17.8 Å². The van der Waals surface area contributed by atoms with Crippen LogP contribution >= 0.6 is 0 Å². The molecule has 1 aromatic heterocycles. The van der Waals surface area contributed by atoms with Crippen molar-refractivity contribution in [2.75, 3.05) is 0 Å². The number of carbonyl (C=O) groups excluding carboxylic acids is 1. The van der Waals surface area contributed by atoms with E-state index in [-0.39, 0.29) is 12.5 Å². The van der Waals surface area contributed by atoms with Crippen LogP contribution in [0, 0.1) is 11.8 Å². The summed E-state index contributed by atoms with van der Waals surface area (Å²) in [7, 11) is 0. The molecule has 0 spiro atoms. The summed E-state index contributed by atoms with van der Waals surface area (Å²) in [5.74, 6) is -1.37. The van der Waals surface area contributed by atoms with Crippen molar-refractivity contribution in [1.29, 1.82) is 0 Å². The number of nitrogens with one attached hydrogen (secondary N) is 1. The number of aliphatic carboxylic acids is 1. The normalized spacial score (nSPS) is 22.4. The van der Waals surface area contributed by atoms with Crippen molar-refractivity contribution in [2.45, 2.75) is 39.3 Å². The van der Waals surface area contributed by atoms with E-state index in [1.807, 2.05) is 11.5 Å². The van der Waals surface area contributed by atoms with Crippen molar-refractivity contribution in [1.82, 2.24) is 20.1 Å². The smallest absolute Gasteiger partial charge is 0.307 e. The van der Waals surface area contributed by atoms with Gasteiger partial charge in [-0.3, -0.25) is 9.59 Å². The summed E-state index contributed by atoms with van der Waals surface area (Å²) >= 11 is 0. The Bertz CT molecular complexity index is 471. The Morgan fingerprint density at radius 3 is 2.89 bits per heavy atom. The highest BCUT2D eigenvalue weighted by molar-refractivity contribution is 5.85. The molecule has 0 radical (unpaired) electrons. The predicted octanol–water partition coefficient (Wildman–Crippen LogP) is 0.415. The van der Waals surface area contributed by atoms with Crippen LogP contribution in [-0.2, 0) is 22.7 Å². The minimum Gasteiger partial charge on any atom is -0.481 e. The molecule has 2 N–H and O–H groups in total. The number of carboxylic acids is 1. The van der Waals surface area contributed by atoms with Gasteiger partial charge in [-0.15, -0.1) is 10.2 Å². The third-order valence-electron chi connectivity index (χ3n) is 3.63. The lowest BCUT2D eigenvalue weighted by Crippen LogP contribution is -2.35. The van der Waals surface area contributed by atoms with Gasteiger partial charge in [-0.2, -0.15) is 0 Å². The zero-order chi connectivity index (χ0) is 13.8. The van der Waals surface area contributed by atoms with Crippen LogP contribution in [0.3, 0.4) is 0 Å². The maximum atomic E-state index is 12.0. The van der Waals surface area contributed by atoms with Crippen LogP contribution < -0.4 is 5.32 Å².